The number of hydrogen-bond donors (Lipinski definition) is 1. The summed E-state index contributed by atoms with van der Waals surface area (Å²) in [7, 11) is 0. The van der Waals surface area contributed by atoms with Gasteiger partial charge >= 0.3 is 0 Å². The predicted octanol–water partition coefficient (Wildman–Crippen LogP) is 3.86. The topological polar surface area (TPSA) is 95.8 Å². The first-order valence-corrected chi connectivity index (χ1v) is 11.6. The van der Waals surface area contributed by atoms with Gasteiger partial charge in [-0.25, -0.2) is 0 Å². The zero-order chi connectivity index (χ0) is 24.7. The highest BCUT2D eigenvalue weighted by atomic mass is 35.5. The molecule has 1 N–H and O–H groups in total. The van der Waals surface area contributed by atoms with E-state index < -0.39 is 16.9 Å². The van der Waals surface area contributed by atoms with E-state index in [1.165, 1.54) is 12.1 Å². The highest BCUT2D eigenvalue weighted by molar-refractivity contribution is 6.34. The van der Waals surface area contributed by atoms with Crippen LogP contribution in [0.1, 0.15) is 29.8 Å². The van der Waals surface area contributed by atoms with Gasteiger partial charge in [-0.1, -0.05) is 67.9 Å². The summed E-state index contributed by atoms with van der Waals surface area (Å²) in [6.45, 7) is 7.19. The number of nitro benzene ring substituents is 1. The van der Waals surface area contributed by atoms with Crippen LogP contribution in [-0.4, -0.2) is 65.3 Å². The fraction of sp³-hybridized carbons (Fsp3) is 0.360. The second kappa shape index (κ2) is 11.8. The van der Waals surface area contributed by atoms with E-state index in [4.69, 9.17) is 11.6 Å². The fourth-order valence-corrected chi connectivity index (χ4v) is 4.04. The van der Waals surface area contributed by atoms with Crippen LogP contribution in [0, 0.1) is 16.0 Å². The molecule has 2 aromatic rings. The maximum absolute atomic E-state index is 13.2. The van der Waals surface area contributed by atoms with Crippen molar-refractivity contribution in [3.8, 4) is 0 Å². The molecule has 34 heavy (non-hydrogen) atoms. The van der Waals surface area contributed by atoms with E-state index in [2.05, 4.69) is 34.5 Å². The van der Waals surface area contributed by atoms with Crippen molar-refractivity contribution in [1.82, 2.24) is 15.1 Å². The predicted molar refractivity (Wildman–Crippen MR) is 133 cm³/mol. The number of rotatable bonds is 8. The van der Waals surface area contributed by atoms with E-state index in [1.54, 1.807) is 4.90 Å². The van der Waals surface area contributed by atoms with Crippen LogP contribution in [0.3, 0.4) is 0 Å². The standard InChI is InChI=1S/C25H29ClN4O4/c1-18(2)23(27-24(31)21-11-10-20(30(33)34)17-22(21)26)25(32)29-15-13-28(14-16-29)12-6-9-19-7-4-3-5-8-19/h3-11,17-18,23H,12-16H2,1-2H3,(H,27,31). The van der Waals surface area contributed by atoms with Crippen molar-refractivity contribution in [3.05, 3.63) is 80.9 Å². The molecule has 1 unspecified atom stereocenters. The fourth-order valence-electron chi connectivity index (χ4n) is 3.78. The molecule has 1 heterocycles. The van der Waals surface area contributed by atoms with Crippen LogP contribution in [0.2, 0.25) is 5.02 Å². The molecule has 1 aliphatic rings. The minimum Gasteiger partial charge on any atom is -0.340 e. The Balaban J connectivity index is 1.56. The monoisotopic (exact) mass is 484 g/mol. The lowest BCUT2D eigenvalue weighted by atomic mass is 10.0. The number of hydrogen-bond acceptors (Lipinski definition) is 5. The summed E-state index contributed by atoms with van der Waals surface area (Å²) < 4.78 is 0. The van der Waals surface area contributed by atoms with Gasteiger partial charge in [0.2, 0.25) is 5.91 Å². The van der Waals surface area contributed by atoms with Crippen LogP contribution in [-0.2, 0) is 4.79 Å². The van der Waals surface area contributed by atoms with Gasteiger partial charge in [0.1, 0.15) is 6.04 Å². The summed E-state index contributed by atoms with van der Waals surface area (Å²) >= 11 is 6.08. The lowest BCUT2D eigenvalue weighted by Gasteiger charge is -2.37. The number of non-ortho nitro benzene ring substituents is 1. The van der Waals surface area contributed by atoms with Crippen LogP contribution in [0.4, 0.5) is 5.69 Å². The first kappa shape index (κ1) is 25.4. The molecule has 1 saturated heterocycles. The maximum atomic E-state index is 13.2. The third kappa shape index (κ3) is 6.65. The normalized spacial score (nSPS) is 15.5. The summed E-state index contributed by atoms with van der Waals surface area (Å²) in [6, 6.07) is 13.0. The first-order chi connectivity index (χ1) is 16.3. The molecule has 0 spiro atoms. The third-order valence-electron chi connectivity index (χ3n) is 5.78. The summed E-state index contributed by atoms with van der Waals surface area (Å²) in [4.78, 5) is 40.4. The smallest absolute Gasteiger partial charge is 0.270 e. The number of nitro groups is 1. The molecule has 0 saturated carbocycles. The lowest BCUT2D eigenvalue weighted by molar-refractivity contribution is -0.384. The van der Waals surface area contributed by atoms with Crippen molar-refractivity contribution in [1.29, 1.82) is 0 Å². The van der Waals surface area contributed by atoms with E-state index >= 15 is 0 Å². The Bertz CT molecular complexity index is 1050. The van der Waals surface area contributed by atoms with E-state index in [0.717, 1.165) is 31.3 Å². The summed E-state index contributed by atoms with van der Waals surface area (Å²) in [5.41, 5.74) is 1.05. The molecule has 2 aromatic carbocycles. The number of amides is 2. The van der Waals surface area contributed by atoms with Gasteiger partial charge in [-0.05, 0) is 17.5 Å². The molecule has 0 bridgehead atoms. The number of carbonyl (C=O) groups is 2. The quantitative estimate of drug-likeness (QED) is 0.453. The Labute approximate surface area is 204 Å². The number of carbonyl (C=O) groups excluding carboxylic acids is 2. The van der Waals surface area contributed by atoms with E-state index in [-0.39, 0.29) is 28.1 Å². The molecule has 1 aliphatic heterocycles. The van der Waals surface area contributed by atoms with Crippen molar-refractivity contribution >= 4 is 35.2 Å². The molecule has 3 rings (SSSR count). The molecule has 9 heteroatoms. The highest BCUT2D eigenvalue weighted by Gasteiger charge is 2.31. The average molecular weight is 485 g/mol. The molecule has 8 nitrogen and oxygen atoms in total. The SMILES string of the molecule is CC(C)C(NC(=O)c1ccc([N+](=O)[O-])cc1Cl)C(=O)N1CCN(CC=Cc2ccccc2)CC1. The molecule has 1 atom stereocenters. The molecule has 0 radical (unpaired) electrons. The zero-order valence-corrected chi connectivity index (χ0v) is 20.1. The first-order valence-electron chi connectivity index (χ1n) is 11.2. The zero-order valence-electron chi connectivity index (χ0n) is 19.3. The van der Waals surface area contributed by atoms with Gasteiger partial charge in [-0.15, -0.1) is 0 Å². The van der Waals surface area contributed by atoms with Gasteiger partial charge < -0.3 is 10.2 Å². The number of halogens is 1. The molecule has 180 valence electrons. The Morgan fingerprint density at radius 1 is 1.12 bits per heavy atom. The maximum Gasteiger partial charge on any atom is 0.270 e. The minimum atomic E-state index is -0.719. The van der Waals surface area contributed by atoms with Gasteiger partial charge in [-0.2, -0.15) is 0 Å². The molecule has 1 fully saturated rings. The van der Waals surface area contributed by atoms with Crippen LogP contribution in [0.5, 0.6) is 0 Å². The number of nitrogens with one attached hydrogen (secondary N) is 1. The highest BCUT2D eigenvalue weighted by Crippen LogP contribution is 2.23. The van der Waals surface area contributed by atoms with Gasteiger partial charge in [-0.3, -0.25) is 24.6 Å². The van der Waals surface area contributed by atoms with Crippen LogP contribution in [0.15, 0.2) is 54.6 Å². The Morgan fingerprint density at radius 2 is 1.79 bits per heavy atom. The van der Waals surface area contributed by atoms with Gasteiger partial charge in [0.05, 0.1) is 15.5 Å². The van der Waals surface area contributed by atoms with Crippen LogP contribution < -0.4 is 5.32 Å². The van der Waals surface area contributed by atoms with Crippen molar-refractivity contribution in [2.75, 3.05) is 32.7 Å². The molecule has 0 aromatic heterocycles. The second-order valence-electron chi connectivity index (χ2n) is 8.56. The van der Waals surface area contributed by atoms with Gasteiger partial charge in [0.15, 0.2) is 0 Å². The number of nitrogens with zero attached hydrogens (tertiary/aromatic N) is 3. The van der Waals surface area contributed by atoms with Crippen LogP contribution >= 0.6 is 11.6 Å². The summed E-state index contributed by atoms with van der Waals surface area (Å²) in [5, 5.41) is 13.6. The third-order valence-corrected chi connectivity index (χ3v) is 6.10. The average Bonchev–Trinajstić information content (AvgIpc) is 2.82. The Hall–Kier alpha value is -3.23. The van der Waals surface area contributed by atoms with Gasteiger partial charge in [0, 0.05) is 44.9 Å². The van der Waals surface area contributed by atoms with E-state index in [1.807, 2.05) is 32.0 Å². The number of benzene rings is 2. The van der Waals surface area contributed by atoms with Crippen LogP contribution in [0.25, 0.3) is 6.08 Å². The molecule has 2 amide bonds. The van der Waals surface area contributed by atoms with Crippen molar-refractivity contribution in [2.24, 2.45) is 5.92 Å². The lowest BCUT2D eigenvalue weighted by Crippen LogP contribution is -2.56. The van der Waals surface area contributed by atoms with Crippen molar-refractivity contribution in [3.63, 3.8) is 0 Å². The van der Waals surface area contributed by atoms with E-state index in [0.29, 0.717) is 13.1 Å². The van der Waals surface area contributed by atoms with Gasteiger partial charge in [0.25, 0.3) is 11.6 Å². The molecular formula is C25H29ClN4O4. The molecule has 0 aliphatic carbocycles. The Kier molecular flexibility index (Phi) is 8.79. The number of piperazine rings is 1. The summed E-state index contributed by atoms with van der Waals surface area (Å²) in [5.74, 6) is -0.808. The Morgan fingerprint density at radius 3 is 2.38 bits per heavy atom. The van der Waals surface area contributed by atoms with Crippen molar-refractivity contribution < 1.29 is 14.5 Å². The largest absolute Gasteiger partial charge is 0.340 e. The second-order valence-corrected chi connectivity index (χ2v) is 8.96. The molecular weight excluding hydrogens is 456 g/mol. The van der Waals surface area contributed by atoms with E-state index in [9.17, 15) is 19.7 Å². The van der Waals surface area contributed by atoms with Crippen molar-refractivity contribution in [2.45, 2.75) is 19.9 Å². The summed E-state index contributed by atoms with van der Waals surface area (Å²) in [6.07, 6.45) is 4.21. The minimum absolute atomic E-state index is 0.0289.